The zero-order valence-electron chi connectivity index (χ0n) is 20.3. The van der Waals surface area contributed by atoms with Crippen LogP contribution in [0.15, 0.2) is 48.5 Å². The van der Waals surface area contributed by atoms with Gasteiger partial charge in [0, 0.05) is 43.8 Å². The second-order valence-corrected chi connectivity index (χ2v) is 9.32. The molecule has 2 atom stereocenters. The largest absolute Gasteiger partial charge is 0.416 e. The van der Waals surface area contributed by atoms with Gasteiger partial charge in [0.15, 0.2) is 0 Å². The Morgan fingerprint density at radius 3 is 2.20 bits per heavy atom. The van der Waals surface area contributed by atoms with Gasteiger partial charge in [-0.25, -0.2) is 0 Å². The maximum atomic E-state index is 13.8. The van der Waals surface area contributed by atoms with E-state index in [4.69, 9.17) is 17.3 Å². The van der Waals surface area contributed by atoms with Crippen molar-refractivity contribution in [2.45, 2.75) is 38.5 Å². The van der Waals surface area contributed by atoms with Crippen LogP contribution in [0.1, 0.15) is 36.6 Å². The number of carbonyl (C=O) groups excluding carboxylic acids is 1. The number of carbonyl (C=O) groups is 1. The Morgan fingerprint density at radius 2 is 1.63 bits per heavy atom. The number of alkyl halides is 3. The van der Waals surface area contributed by atoms with Crippen molar-refractivity contribution in [2.24, 2.45) is 5.73 Å². The van der Waals surface area contributed by atoms with Gasteiger partial charge in [-0.05, 0) is 48.8 Å². The average Bonchev–Trinajstić information content (AvgIpc) is 2.85. The summed E-state index contributed by atoms with van der Waals surface area (Å²) >= 11 is 5.92. The number of hydrogen-bond acceptors (Lipinski definition) is 4. The molecule has 0 radical (unpaired) electrons. The Balaban J connectivity index is 1.72. The fourth-order valence-corrected chi connectivity index (χ4v) is 4.76. The topological polar surface area (TPSA) is 52.8 Å². The third-order valence-corrected chi connectivity index (χ3v) is 6.96. The highest BCUT2D eigenvalue weighted by Gasteiger charge is 2.38. The van der Waals surface area contributed by atoms with Crippen molar-refractivity contribution >= 4 is 17.5 Å². The number of halogens is 4. The number of benzene rings is 2. The van der Waals surface area contributed by atoms with Gasteiger partial charge in [-0.2, -0.15) is 13.2 Å². The number of nitrogens with zero attached hydrogens (tertiary/aromatic N) is 3. The summed E-state index contributed by atoms with van der Waals surface area (Å²) in [6.07, 6.45) is -4.02. The summed E-state index contributed by atoms with van der Waals surface area (Å²) in [5.41, 5.74) is 6.82. The first-order chi connectivity index (χ1) is 16.6. The van der Waals surface area contributed by atoms with Crippen LogP contribution in [0.5, 0.6) is 0 Å². The maximum Gasteiger partial charge on any atom is 0.416 e. The van der Waals surface area contributed by atoms with Gasteiger partial charge in [0.25, 0.3) is 0 Å². The number of nitrogens with two attached hydrogens (primary N) is 1. The van der Waals surface area contributed by atoms with E-state index in [0.29, 0.717) is 44.2 Å². The zero-order chi connectivity index (χ0) is 25.6. The lowest BCUT2D eigenvalue weighted by molar-refractivity contribution is -0.139. The van der Waals surface area contributed by atoms with Gasteiger partial charge < -0.3 is 15.5 Å². The van der Waals surface area contributed by atoms with E-state index in [-0.39, 0.29) is 11.5 Å². The molecular formula is C26H34ClF3N4O. The summed E-state index contributed by atoms with van der Waals surface area (Å²) in [5.74, 6) is -0.143. The first-order valence-electron chi connectivity index (χ1n) is 12.0. The van der Waals surface area contributed by atoms with E-state index in [0.717, 1.165) is 24.7 Å². The van der Waals surface area contributed by atoms with E-state index in [1.54, 1.807) is 29.2 Å². The highest BCUT2D eigenvalue weighted by Crippen LogP contribution is 2.37. The molecule has 0 spiro atoms. The molecule has 0 bridgehead atoms. The standard InChI is InChI=1S/C26H34ClF3N4O/c1-3-32(4-2)18-24(21-7-5-6-8-22(21)26(28,29)30)33-13-15-34(16-14-33)25(35)23(31)17-19-9-11-20(27)12-10-19/h5-12,23-24H,3-4,13-18,31H2,1-2H3/t23-,24?/m1/s1. The molecule has 1 fully saturated rings. The van der Waals surface area contributed by atoms with Crippen LogP contribution in [0.3, 0.4) is 0 Å². The molecule has 35 heavy (non-hydrogen) atoms. The summed E-state index contributed by atoms with van der Waals surface area (Å²) in [6.45, 7) is 7.83. The van der Waals surface area contributed by atoms with Crippen LogP contribution >= 0.6 is 11.6 Å². The van der Waals surface area contributed by atoms with E-state index < -0.39 is 23.8 Å². The Kier molecular flexibility index (Phi) is 9.58. The Morgan fingerprint density at radius 1 is 1.03 bits per heavy atom. The van der Waals surface area contributed by atoms with Crippen molar-refractivity contribution in [3.63, 3.8) is 0 Å². The van der Waals surface area contributed by atoms with E-state index >= 15 is 0 Å². The molecular weight excluding hydrogens is 477 g/mol. The number of hydrogen-bond donors (Lipinski definition) is 1. The van der Waals surface area contributed by atoms with Gasteiger partial charge in [-0.3, -0.25) is 9.69 Å². The Hall–Kier alpha value is -2.13. The predicted molar refractivity (Wildman–Crippen MR) is 133 cm³/mol. The Bertz CT molecular complexity index is 958. The normalized spacial score (nSPS) is 17.0. The lowest BCUT2D eigenvalue weighted by Crippen LogP contribution is -2.55. The quantitative estimate of drug-likeness (QED) is 0.541. The van der Waals surface area contributed by atoms with Crippen LogP contribution in [0, 0.1) is 0 Å². The van der Waals surface area contributed by atoms with Gasteiger partial charge >= 0.3 is 6.18 Å². The van der Waals surface area contributed by atoms with E-state index in [1.165, 1.54) is 6.07 Å². The lowest BCUT2D eigenvalue weighted by atomic mass is 9.97. The first kappa shape index (κ1) is 27.5. The fraction of sp³-hybridized carbons (Fsp3) is 0.500. The van der Waals surface area contributed by atoms with Crippen molar-refractivity contribution in [3.8, 4) is 0 Å². The summed E-state index contributed by atoms with van der Waals surface area (Å²) in [4.78, 5) is 18.9. The fourth-order valence-electron chi connectivity index (χ4n) is 4.63. The van der Waals surface area contributed by atoms with Crippen molar-refractivity contribution in [1.29, 1.82) is 0 Å². The molecule has 9 heteroatoms. The molecule has 0 saturated carbocycles. The van der Waals surface area contributed by atoms with Crippen LogP contribution in [-0.4, -0.2) is 72.5 Å². The van der Waals surface area contributed by atoms with E-state index in [1.807, 2.05) is 26.0 Å². The summed E-state index contributed by atoms with van der Waals surface area (Å²) in [5, 5.41) is 0.621. The minimum Gasteiger partial charge on any atom is -0.339 e. The molecule has 3 rings (SSSR count). The number of rotatable bonds is 9. The molecule has 1 unspecified atom stereocenters. The van der Waals surface area contributed by atoms with Crippen molar-refractivity contribution in [1.82, 2.24) is 14.7 Å². The second-order valence-electron chi connectivity index (χ2n) is 8.88. The molecule has 192 valence electrons. The molecule has 1 aliphatic rings. The van der Waals surface area contributed by atoms with Crippen molar-refractivity contribution in [2.75, 3.05) is 45.8 Å². The van der Waals surface area contributed by atoms with Crippen LogP contribution in [0.25, 0.3) is 0 Å². The number of piperazine rings is 1. The molecule has 2 N–H and O–H groups in total. The van der Waals surface area contributed by atoms with Crippen LogP contribution in [0.4, 0.5) is 13.2 Å². The van der Waals surface area contributed by atoms with Gasteiger partial charge in [-0.1, -0.05) is 55.8 Å². The molecule has 2 aromatic carbocycles. The van der Waals surface area contributed by atoms with Gasteiger partial charge in [0.1, 0.15) is 0 Å². The molecule has 1 heterocycles. The minimum absolute atomic E-state index is 0.143. The molecule has 1 saturated heterocycles. The Labute approximate surface area is 210 Å². The second kappa shape index (κ2) is 12.2. The summed E-state index contributed by atoms with van der Waals surface area (Å²) < 4.78 is 41.5. The average molecular weight is 511 g/mol. The lowest BCUT2D eigenvalue weighted by Gasteiger charge is -2.42. The van der Waals surface area contributed by atoms with Crippen LogP contribution in [-0.2, 0) is 17.4 Å². The maximum absolute atomic E-state index is 13.8. The van der Waals surface area contributed by atoms with Gasteiger partial charge in [-0.15, -0.1) is 0 Å². The van der Waals surface area contributed by atoms with E-state index in [2.05, 4.69) is 9.80 Å². The smallest absolute Gasteiger partial charge is 0.339 e. The van der Waals surface area contributed by atoms with Gasteiger partial charge in [0.2, 0.25) is 5.91 Å². The molecule has 1 aliphatic heterocycles. The van der Waals surface area contributed by atoms with Crippen molar-refractivity contribution < 1.29 is 18.0 Å². The number of amides is 1. The van der Waals surface area contributed by atoms with Crippen LogP contribution in [0.2, 0.25) is 5.02 Å². The molecule has 2 aromatic rings. The first-order valence-corrected chi connectivity index (χ1v) is 12.4. The molecule has 0 aliphatic carbocycles. The molecule has 1 amide bonds. The minimum atomic E-state index is -4.43. The molecule has 5 nitrogen and oxygen atoms in total. The molecule has 0 aromatic heterocycles. The predicted octanol–water partition coefficient (Wildman–Crippen LogP) is 4.46. The highest BCUT2D eigenvalue weighted by molar-refractivity contribution is 6.30. The highest BCUT2D eigenvalue weighted by atomic mass is 35.5. The monoisotopic (exact) mass is 510 g/mol. The zero-order valence-corrected chi connectivity index (χ0v) is 21.0. The van der Waals surface area contributed by atoms with Gasteiger partial charge in [0.05, 0.1) is 11.6 Å². The SMILES string of the molecule is CCN(CC)CC(c1ccccc1C(F)(F)F)N1CCN(C(=O)[C@H](N)Cc2ccc(Cl)cc2)CC1. The third kappa shape index (κ3) is 7.19. The summed E-state index contributed by atoms with van der Waals surface area (Å²) in [7, 11) is 0. The summed E-state index contributed by atoms with van der Waals surface area (Å²) in [6, 6.07) is 12.0. The van der Waals surface area contributed by atoms with Crippen LogP contribution < -0.4 is 5.73 Å². The third-order valence-electron chi connectivity index (χ3n) is 6.70. The number of likely N-dealkylation sites (N-methyl/N-ethyl adjacent to an activating group) is 1. The van der Waals surface area contributed by atoms with E-state index in [9.17, 15) is 18.0 Å². The van der Waals surface area contributed by atoms with Crippen molar-refractivity contribution in [3.05, 3.63) is 70.2 Å².